The lowest BCUT2D eigenvalue weighted by atomic mass is 9.96. The maximum absolute atomic E-state index is 12.1. The van der Waals surface area contributed by atoms with E-state index < -0.39 is 0 Å². The van der Waals surface area contributed by atoms with Gasteiger partial charge in [0.05, 0.1) is 5.92 Å². The quantitative estimate of drug-likeness (QED) is 0.907. The molecule has 1 amide bonds. The van der Waals surface area contributed by atoms with Crippen LogP contribution in [0, 0.1) is 5.92 Å². The van der Waals surface area contributed by atoms with Gasteiger partial charge < -0.3 is 5.32 Å². The molecule has 0 bridgehead atoms. The molecule has 2 aromatic rings. The van der Waals surface area contributed by atoms with E-state index in [1.54, 1.807) is 11.8 Å². The molecular formula is C18H22N2OS. The number of amides is 1. The highest BCUT2D eigenvalue weighted by Crippen LogP contribution is 2.25. The standard InChI is InChI=1S/C18H22N2OS/c1-3-15-12(2)19-18(20-17(15)21)22-11-14-9-6-8-13-7-4-5-10-16(13)14/h4-10,12,15,18-19H,3,11H2,1-2H3,(H,20,21). The SMILES string of the molecule is CCC1C(=O)NC(SCc2cccc3ccccc23)NC1C. The third kappa shape index (κ3) is 3.13. The number of thioether (sulfide) groups is 1. The topological polar surface area (TPSA) is 41.1 Å². The van der Waals surface area contributed by atoms with Crippen molar-refractivity contribution >= 4 is 28.4 Å². The zero-order chi connectivity index (χ0) is 15.5. The highest BCUT2D eigenvalue weighted by atomic mass is 32.2. The summed E-state index contributed by atoms with van der Waals surface area (Å²) >= 11 is 1.74. The summed E-state index contributed by atoms with van der Waals surface area (Å²) in [4.78, 5) is 12.1. The Kier molecular flexibility index (Phi) is 4.69. The van der Waals surface area contributed by atoms with Gasteiger partial charge in [-0.3, -0.25) is 10.1 Å². The van der Waals surface area contributed by atoms with Gasteiger partial charge in [-0.05, 0) is 29.7 Å². The number of benzene rings is 2. The van der Waals surface area contributed by atoms with Crippen LogP contribution < -0.4 is 10.6 Å². The fourth-order valence-corrected chi connectivity index (χ4v) is 4.19. The van der Waals surface area contributed by atoms with Crippen LogP contribution in [-0.2, 0) is 10.5 Å². The average molecular weight is 314 g/mol. The fraction of sp³-hybridized carbons (Fsp3) is 0.389. The summed E-state index contributed by atoms with van der Waals surface area (Å²) in [6.45, 7) is 4.16. The summed E-state index contributed by atoms with van der Waals surface area (Å²) in [5, 5.41) is 9.13. The first-order chi connectivity index (χ1) is 10.7. The summed E-state index contributed by atoms with van der Waals surface area (Å²) in [7, 11) is 0. The van der Waals surface area contributed by atoms with Gasteiger partial charge in [-0.15, -0.1) is 11.8 Å². The predicted octanol–water partition coefficient (Wildman–Crippen LogP) is 3.49. The number of nitrogens with one attached hydrogen (secondary N) is 2. The molecule has 2 aromatic carbocycles. The Morgan fingerprint density at radius 2 is 1.91 bits per heavy atom. The fourth-order valence-electron chi connectivity index (χ4n) is 3.08. The Morgan fingerprint density at radius 1 is 1.14 bits per heavy atom. The van der Waals surface area contributed by atoms with Gasteiger partial charge in [0.2, 0.25) is 5.91 Å². The van der Waals surface area contributed by atoms with Crippen molar-refractivity contribution < 1.29 is 4.79 Å². The first-order valence-corrected chi connectivity index (χ1v) is 8.88. The van der Waals surface area contributed by atoms with E-state index in [4.69, 9.17) is 0 Å². The lowest BCUT2D eigenvalue weighted by Crippen LogP contribution is -2.58. The van der Waals surface area contributed by atoms with E-state index in [9.17, 15) is 4.79 Å². The van der Waals surface area contributed by atoms with Crippen molar-refractivity contribution in [3.63, 3.8) is 0 Å². The minimum Gasteiger partial charge on any atom is -0.331 e. The second-order valence-corrected chi connectivity index (χ2v) is 6.90. The van der Waals surface area contributed by atoms with Crippen LogP contribution in [0.3, 0.4) is 0 Å². The summed E-state index contributed by atoms with van der Waals surface area (Å²) in [5.41, 5.74) is 1.30. The number of carbonyl (C=O) groups is 1. The molecule has 0 radical (unpaired) electrons. The van der Waals surface area contributed by atoms with E-state index >= 15 is 0 Å². The molecule has 4 heteroatoms. The maximum Gasteiger partial charge on any atom is 0.226 e. The molecule has 0 aliphatic carbocycles. The molecule has 1 heterocycles. The molecule has 3 rings (SSSR count). The Hall–Kier alpha value is -1.52. The highest BCUT2D eigenvalue weighted by Gasteiger charge is 2.31. The van der Waals surface area contributed by atoms with Crippen molar-refractivity contribution in [2.24, 2.45) is 5.92 Å². The molecule has 3 nitrogen and oxygen atoms in total. The van der Waals surface area contributed by atoms with Crippen molar-refractivity contribution in [1.82, 2.24) is 10.6 Å². The van der Waals surface area contributed by atoms with Crippen LogP contribution in [0.5, 0.6) is 0 Å². The van der Waals surface area contributed by atoms with Gasteiger partial charge in [0.1, 0.15) is 5.50 Å². The molecule has 1 saturated heterocycles. The molecule has 1 aliphatic rings. The molecule has 2 N–H and O–H groups in total. The van der Waals surface area contributed by atoms with Crippen LogP contribution in [0.4, 0.5) is 0 Å². The molecule has 0 saturated carbocycles. The van der Waals surface area contributed by atoms with Crippen LogP contribution in [0.25, 0.3) is 10.8 Å². The van der Waals surface area contributed by atoms with Crippen molar-refractivity contribution in [2.45, 2.75) is 37.6 Å². The summed E-state index contributed by atoms with van der Waals surface area (Å²) in [5.74, 6) is 1.13. The van der Waals surface area contributed by atoms with Gasteiger partial charge in [-0.25, -0.2) is 0 Å². The Balaban J connectivity index is 1.69. The molecule has 3 atom stereocenters. The highest BCUT2D eigenvalue weighted by molar-refractivity contribution is 7.99. The van der Waals surface area contributed by atoms with Gasteiger partial charge in [0, 0.05) is 11.8 Å². The molecule has 116 valence electrons. The van der Waals surface area contributed by atoms with Crippen LogP contribution in [0.15, 0.2) is 42.5 Å². The number of fused-ring (bicyclic) bond motifs is 1. The van der Waals surface area contributed by atoms with Crippen LogP contribution in [0.1, 0.15) is 25.8 Å². The van der Waals surface area contributed by atoms with Gasteiger partial charge in [-0.1, -0.05) is 49.4 Å². The monoisotopic (exact) mass is 314 g/mol. The third-order valence-corrected chi connectivity index (χ3v) is 5.42. The molecule has 1 aliphatic heterocycles. The van der Waals surface area contributed by atoms with E-state index in [1.165, 1.54) is 16.3 Å². The van der Waals surface area contributed by atoms with E-state index in [1.807, 2.05) is 0 Å². The van der Waals surface area contributed by atoms with Crippen molar-refractivity contribution in [1.29, 1.82) is 0 Å². The maximum atomic E-state index is 12.1. The second kappa shape index (κ2) is 6.71. The van der Waals surface area contributed by atoms with E-state index in [0.717, 1.165) is 12.2 Å². The Labute approximate surface area is 135 Å². The first kappa shape index (κ1) is 15.4. The van der Waals surface area contributed by atoms with Gasteiger partial charge in [-0.2, -0.15) is 0 Å². The lowest BCUT2D eigenvalue weighted by molar-refractivity contribution is -0.128. The van der Waals surface area contributed by atoms with Crippen molar-refractivity contribution in [2.75, 3.05) is 0 Å². The van der Waals surface area contributed by atoms with Gasteiger partial charge >= 0.3 is 0 Å². The number of hydrogen-bond acceptors (Lipinski definition) is 3. The number of hydrogen-bond donors (Lipinski definition) is 2. The molecule has 0 spiro atoms. The summed E-state index contributed by atoms with van der Waals surface area (Å²) in [6, 6.07) is 15.1. The predicted molar refractivity (Wildman–Crippen MR) is 93.6 cm³/mol. The van der Waals surface area contributed by atoms with Crippen LogP contribution in [0.2, 0.25) is 0 Å². The first-order valence-electron chi connectivity index (χ1n) is 7.83. The van der Waals surface area contributed by atoms with Crippen molar-refractivity contribution in [3.8, 4) is 0 Å². The van der Waals surface area contributed by atoms with E-state index in [0.29, 0.717) is 0 Å². The van der Waals surface area contributed by atoms with Crippen molar-refractivity contribution in [3.05, 3.63) is 48.0 Å². The minimum absolute atomic E-state index is 0.00994. The largest absolute Gasteiger partial charge is 0.331 e. The lowest BCUT2D eigenvalue weighted by Gasteiger charge is -2.34. The van der Waals surface area contributed by atoms with Crippen LogP contribution in [-0.4, -0.2) is 17.4 Å². The number of carbonyl (C=O) groups excluding carboxylic acids is 1. The number of rotatable bonds is 4. The molecule has 3 unspecified atom stereocenters. The van der Waals surface area contributed by atoms with E-state index in [-0.39, 0.29) is 23.4 Å². The average Bonchev–Trinajstić information content (AvgIpc) is 2.52. The van der Waals surface area contributed by atoms with Crippen LogP contribution >= 0.6 is 11.8 Å². The smallest absolute Gasteiger partial charge is 0.226 e. The zero-order valence-corrected chi connectivity index (χ0v) is 13.8. The van der Waals surface area contributed by atoms with E-state index in [2.05, 4.69) is 66.9 Å². The molecular weight excluding hydrogens is 292 g/mol. The summed E-state index contributed by atoms with van der Waals surface area (Å²) in [6.07, 6.45) is 0.876. The third-order valence-electron chi connectivity index (χ3n) is 4.35. The van der Waals surface area contributed by atoms with Gasteiger partial charge in [0.15, 0.2) is 0 Å². The normalized spacial score (nSPS) is 25.2. The molecule has 22 heavy (non-hydrogen) atoms. The Morgan fingerprint density at radius 3 is 2.68 bits per heavy atom. The minimum atomic E-state index is -0.00994. The zero-order valence-electron chi connectivity index (χ0n) is 13.0. The Bertz CT molecular complexity index is 668. The summed E-state index contributed by atoms with van der Waals surface area (Å²) < 4.78 is 0. The second-order valence-electron chi connectivity index (χ2n) is 5.81. The van der Waals surface area contributed by atoms with Gasteiger partial charge in [0.25, 0.3) is 0 Å². The molecule has 0 aromatic heterocycles. The molecule has 1 fully saturated rings.